The molecule has 2 rings (SSSR count). The highest BCUT2D eigenvalue weighted by molar-refractivity contribution is 5.90. The summed E-state index contributed by atoms with van der Waals surface area (Å²) < 4.78 is 15.0. The van der Waals surface area contributed by atoms with E-state index in [0.717, 1.165) is 0 Å². The molecular weight excluding hydrogens is 388 g/mol. The van der Waals surface area contributed by atoms with Crippen LogP contribution in [0.1, 0.15) is 6.42 Å². The predicted molar refractivity (Wildman–Crippen MR) is 83.7 cm³/mol. The van der Waals surface area contributed by atoms with Crippen LogP contribution in [0.5, 0.6) is 0 Å². The third-order valence-electron chi connectivity index (χ3n) is 4.88. The highest BCUT2D eigenvalue weighted by Gasteiger charge is 2.62. The van der Waals surface area contributed by atoms with Gasteiger partial charge in [0.1, 0.15) is 67.5 Å². The van der Waals surface area contributed by atoms with Crippen molar-refractivity contribution in [1.82, 2.24) is 0 Å². The third kappa shape index (κ3) is 4.27. The molecule has 2 aliphatic rings. The topological polar surface area (TPSA) is 224 Å². The molecule has 2 heterocycles. The first-order valence-electron chi connectivity index (χ1n) is 8.42. The number of carboxylic acids is 1. The summed E-state index contributed by atoms with van der Waals surface area (Å²) in [5, 5.41) is 79.3. The monoisotopic (exact) mass is 412 g/mol. The van der Waals surface area contributed by atoms with Crippen molar-refractivity contribution in [2.45, 2.75) is 60.9 Å². The van der Waals surface area contributed by atoms with Crippen LogP contribution < -0.4 is 0 Å². The van der Waals surface area contributed by atoms with Gasteiger partial charge in [0.2, 0.25) is 0 Å². The molecule has 0 aromatic heterocycles. The van der Waals surface area contributed by atoms with Gasteiger partial charge in [0.25, 0.3) is 0 Å². The molecule has 0 aromatic rings. The zero-order chi connectivity index (χ0) is 21.2. The molecule has 0 radical (unpaired) electrons. The van der Waals surface area contributed by atoms with Crippen molar-refractivity contribution in [2.24, 2.45) is 0 Å². The first kappa shape index (κ1) is 22.9. The molecule has 0 bridgehead atoms. The summed E-state index contributed by atoms with van der Waals surface area (Å²) in [5.74, 6) is -2.57. The summed E-state index contributed by atoms with van der Waals surface area (Å²) in [6.45, 7) is -2.07. The molecule has 13 heteroatoms. The van der Waals surface area contributed by atoms with Gasteiger partial charge >= 0.3 is 11.9 Å². The highest BCUT2D eigenvalue weighted by atomic mass is 16.6. The number of rotatable bonds is 6. The maximum absolute atomic E-state index is 11.3. The number of ether oxygens (including phenoxy) is 3. The van der Waals surface area contributed by atoms with Crippen molar-refractivity contribution in [3.63, 3.8) is 0 Å². The Balaban J connectivity index is 2.18. The standard InChI is InChI=1S/C15H24O13/c16-2-5-10(21)11(22)12(23)14(28-5)15(25)7(17)4-26-6(13(15)24)3-27-9(20)1-8(18)19/h5-7,10-14,16-17,21-25H,1-4H2,(H,18,19)/t5-,6-,7+,10-,11+,12-,13-,14-,15-/m1/s1. The number of carbonyl (C=O) groups excluding carboxylic acids is 1. The fourth-order valence-electron chi connectivity index (χ4n) is 3.26. The average molecular weight is 412 g/mol. The summed E-state index contributed by atoms with van der Waals surface area (Å²) in [6.07, 6.45) is -15.0. The van der Waals surface area contributed by atoms with Crippen LogP contribution in [-0.2, 0) is 23.8 Å². The molecule has 0 spiro atoms. The van der Waals surface area contributed by atoms with E-state index in [0.29, 0.717) is 0 Å². The maximum Gasteiger partial charge on any atom is 0.317 e. The van der Waals surface area contributed by atoms with Crippen LogP contribution in [0.3, 0.4) is 0 Å². The maximum atomic E-state index is 11.3. The molecule has 0 amide bonds. The van der Waals surface area contributed by atoms with Crippen molar-refractivity contribution < 1.29 is 64.7 Å². The second-order valence-corrected chi connectivity index (χ2v) is 6.72. The molecule has 13 nitrogen and oxygen atoms in total. The molecule has 28 heavy (non-hydrogen) atoms. The van der Waals surface area contributed by atoms with E-state index >= 15 is 0 Å². The smallest absolute Gasteiger partial charge is 0.317 e. The molecule has 2 saturated heterocycles. The first-order chi connectivity index (χ1) is 13.0. The van der Waals surface area contributed by atoms with E-state index < -0.39 is 92.6 Å². The van der Waals surface area contributed by atoms with Gasteiger partial charge in [0.15, 0.2) is 0 Å². The SMILES string of the molecule is O=C(O)CC(=O)OC[C@H]1OC[C@H](O)[C@](O)([C@@H]2O[C@H](CO)[C@@H](O)[C@H](O)[C@H]2O)[C@@H]1O. The van der Waals surface area contributed by atoms with Crippen molar-refractivity contribution in [2.75, 3.05) is 19.8 Å². The van der Waals surface area contributed by atoms with Gasteiger partial charge in [-0.2, -0.15) is 0 Å². The second-order valence-electron chi connectivity index (χ2n) is 6.72. The molecule has 0 aliphatic carbocycles. The Labute approximate surface area is 158 Å². The lowest BCUT2D eigenvalue weighted by molar-refractivity contribution is -0.332. The van der Waals surface area contributed by atoms with Gasteiger partial charge in [0.05, 0.1) is 13.2 Å². The Morgan fingerprint density at radius 2 is 1.68 bits per heavy atom. The Hall–Kier alpha value is -1.42. The zero-order valence-electron chi connectivity index (χ0n) is 14.6. The van der Waals surface area contributed by atoms with Gasteiger partial charge in [0, 0.05) is 0 Å². The molecule has 8 N–H and O–H groups in total. The molecule has 0 unspecified atom stereocenters. The van der Waals surface area contributed by atoms with E-state index in [4.69, 9.17) is 14.6 Å². The minimum absolute atomic E-state index is 0.594. The van der Waals surface area contributed by atoms with Crippen molar-refractivity contribution in [3.8, 4) is 0 Å². The molecular formula is C15H24O13. The van der Waals surface area contributed by atoms with E-state index in [1.54, 1.807) is 0 Å². The lowest BCUT2D eigenvalue weighted by atomic mass is 9.75. The number of aliphatic carboxylic acids is 1. The van der Waals surface area contributed by atoms with Gasteiger partial charge < -0.3 is 55.1 Å². The molecule has 0 saturated carbocycles. The highest BCUT2D eigenvalue weighted by Crippen LogP contribution is 2.37. The first-order valence-corrected chi connectivity index (χ1v) is 8.42. The Morgan fingerprint density at radius 1 is 1.04 bits per heavy atom. The summed E-state index contributed by atoms with van der Waals surface area (Å²) >= 11 is 0. The van der Waals surface area contributed by atoms with Crippen LogP contribution in [0.2, 0.25) is 0 Å². The number of hydrogen-bond acceptors (Lipinski definition) is 12. The Bertz CT molecular complexity index is 568. The quantitative estimate of drug-likeness (QED) is 0.151. The fourth-order valence-corrected chi connectivity index (χ4v) is 3.26. The summed E-state index contributed by atoms with van der Waals surface area (Å²) in [4.78, 5) is 21.8. The number of hydrogen-bond donors (Lipinski definition) is 8. The largest absolute Gasteiger partial charge is 0.481 e. The summed E-state index contributed by atoms with van der Waals surface area (Å²) in [5.41, 5.74) is -2.64. The summed E-state index contributed by atoms with van der Waals surface area (Å²) in [7, 11) is 0. The van der Waals surface area contributed by atoms with Gasteiger partial charge in [-0.15, -0.1) is 0 Å². The van der Waals surface area contributed by atoms with Crippen LogP contribution >= 0.6 is 0 Å². The van der Waals surface area contributed by atoms with E-state index in [1.807, 2.05) is 0 Å². The van der Waals surface area contributed by atoms with E-state index in [1.165, 1.54) is 0 Å². The van der Waals surface area contributed by atoms with E-state index in [9.17, 15) is 45.3 Å². The summed E-state index contributed by atoms with van der Waals surface area (Å²) in [6, 6.07) is 0. The normalized spacial score (nSPS) is 44.1. The Kier molecular flexibility index (Phi) is 7.30. The molecule has 9 atom stereocenters. The Morgan fingerprint density at radius 3 is 2.25 bits per heavy atom. The number of carbonyl (C=O) groups is 2. The number of esters is 1. The third-order valence-corrected chi connectivity index (χ3v) is 4.88. The van der Waals surface area contributed by atoms with Crippen LogP contribution in [0, 0.1) is 0 Å². The minimum Gasteiger partial charge on any atom is -0.481 e. The van der Waals surface area contributed by atoms with Gasteiger partial charge in [-0.3, -0.25) is 9.59 Å². The number of aliphatic hydroxyl groups is 7. The predicted octanol–water partition coefficient (Wildman–Crippen LogP) is -5.30. The molecule has 0 aromatic carbocycles. The number of aliphatic hydroxyl groups excluding tert-OH is 6. The van der Waals surface area contributed by atoms with E-state index in [-0.39, 0.29) is 0 Å². The van der Waals surface area contributed by atoms with Crippen LogP contribution in [0.25, 0.3) is 0 Å². The van der Waals surface area contributed by atoms with Crippen molar-refractivity contribution >= 4 is 11.9 Å². The van der Waals surface area contributed by atoms with Crippen LogP contribution in [0.15, 0.2) is 0 Å². The van der Waals surface area contributed by atoms with Gasteiger partial charge in [-0.25, -0.2) is 0 Å². The lowest BCUT2D eigenvalue weighted by Gasteiger charge is -2.52. The minimum atomic E-state index is -2.64. The van der Waals surface area contributed by atoms with Crippen LogP contribution in [-0.4, -0.2) is 127 Å². The van der Waals surface area contributed by atoms with E-state index in [2.05, 4.69) is 4.74 Å². The molecule has 2 fully saturated rings. The number of carboxylic acid groups (broad SMARTS) is 1. The second kappa shape index (κ2) is 8.94. The van der Waals surface area contributed by atoms with Crippen molar-refractivity contribution in [1.29, 1.82) is 0 Å². The molecule has 162 valence electrons. The van der Waals surface area contributed by atoms with Crippen LogP contribution in [0.4, 0.5) is 0 Å². The average Bonchev–Trinajstić information content (AvgIpc) is 2.63. The zero-order valence-corrected chi connectivity index (χ0v) is 14.6. The lowest BCUT2D eigenvalue weighted by Crippen LogP contribution is -2.75. The molecule has 2 aliphatic heterocycles. The van der Waals surface area contributed by atoms with Gasteiger partial charge in [-0.05, 0) is 0 Å². The van der Waals surface area contributed by atoms with Crippen molar-refractivity contribution in [3.05, 3.63) is 0 Å². The fraction of sp³-hybridized carbons (Fsp3) is 0.867. The van der Waals surface area contributed by atoms with Gasteiger partial charge in [-0.1, -0.05) is 0 Å².